The Morgan fingerprint density at radius 3 is 2.16 bits per heavy atom. The summed E-state index contributed by atoms with van der Waals surface area (Å²) in [4.78, 5) is 11.3. The molecule has 5 rings (SSSR count). The lowest BCUT2D eigenvalue weighted by Crippen LogP contribution is -2.48. The second-order valence-corrected chi connectivity index (χ2v) is 8.06. The molecule has 136 valence electrons. The Morgan fingerprint density at radius 1 is 1.12 bits per heavy atom. The number of carbonyl (C=O) groups excluding carboxylic acids is 1. The highest BCUT2D eigenvalue weighted by molar-refractivity contribution is 5.95. The van der Waals surface area contributed by atoms with Gasteiger partial charge in [-0.2, -0.15) is 13.2 Å². The Balaban J connectivity index is 1.69. The monoisotopic (exact) mass is 353 g/mol. The van der Waals surface area contributed by atoms with E-state index in [4.69, 9.17) is 4.74 Å². The molecule has 0 radical (unpaired) electrons. The minimum atomic E-state index is -4.89. The number of rotatable bonds is 3. The summed E-state index contributed by atoms with van der Waals surface area (Å²) in [5.41, 5.74) is 1.14. The van der Waals surface area contributed by atoms with Crippen LogP contribution in [0.1, 0.15) is 44.1 Å². The summed E-state index contributed by atoms with van der Waals surface area (Å²) in [5, 5.41) is 1.99. The first-order valence-corrected chi connectivity index (χ1v) is 8.86. The highest BCUT2D eigenvalue weighted by Crippen LogP contribution is 2.62. The third kappa shape index (κ3) is 2.89. The van der Waals surface area contributed by atoms with E-state index in [1.165, 1.54) is 25.3 Å². The van der Waals surface area contributed by atoms with E-state index in [-0.39, 0.29) is 11.1 Å². The minimum absolute atomic E-state index is 0.0148. The van der Waals surface area contributed by atoms with E-state index in [1.54, 1.807) is 19.2 Å². The normalized spacial score (nSPS) is 33.4. The van der Waals surface area contributed by atoms with E-state index in [1.807, 2.05) is 5.32 Å². The predicted octanol–water partition coefficient (Wildman–Crippen LogP) is 4.66. The van der Waals surface area contributed by atoms with Crippen molar-refractivity contribution in [2.24, 2.45) is 17.8 Å². The van der Waals surface area contributed by atoms with Crippen LogP contribution < -0.4 is 10.1 Å². The summed E-state index contributed by atoms with van der Waals surface area (Å²) in [6.45, 7) is 0. The number of amides is 1. The topological polar surface area (TPSA) is 38.3 Å². The van der Waals surface area contributed by atoms with Gasteiger partial charge < -0.3 is 10.1 Å². The summed E-state index contributed by atoms with van der Waals surface area (Å²) in [5.74, 6) is 0.916. The summed E-state index contributed by atoms with van der Waals surface area (Å²) >= 11 is 0. The number of carbonyl (C=O) groups is 1. The van der Waals surface area contributed by atoms with Gasteiger partial charge in [-0.05, 0) is 79.9 Å². The number of halogens is 3. The van der Waals surface area contributed by atoms with Crippen LogP contribution in [-0.2, 0) is 10.2 Å². The van der Waals surface area contributed by atoms with Crippen molar-refractivity contribution >= 4 is 11.6 Å². The average molecular weight is 353 g/mol. The SMILES string of the molecule is COc1ccc(NC(=O)C(F)(F)F)cc1C12CC3CC(CC(C3)C1)C2. The molecule has 0 atom stereocenters. The number of hydrogen-bond acceptors (Lipinski definition) is 2. The summed E-state index contributed by atoms with van der Waals surface area (Å²) in [6.07, 6.45) is 2.19. The third-order valence-corrected chi connectivity index (χ3v) is 6.32. The first-order valence-electron chi connectivity index (χ1n) is 8.86. The predicted molar refractivity (Wildman–Crippen MR) is 87.5 cm³/mol. The molecule has 1 aromatic rings. The number of nitrogens with one attached hydrogen (secondary N) is 1. The molecule has 1 aromatic carbocycles. The lowest BCUT2D eigenvalue weighted by Gasteiger charge is -2.57. The second-order valence-electron chi connectivity index (χ2n) is 8.06. The molecule has 4 aliphatic carbocycles. The molecule has 1 amide bonds. The van der Waals surface area contributed by atoms with Crippen LogP contribution in [-0.4, -0.2) is 19.2 Å². The molecule has 0 saturated heterocycles. The van der Waals surface area contributed by atoms with Crippen molar-refractivity contribution < 1.29 is 22.7 Å². The van der Waals surface area contributed by atoms with Crippen LogP contribution in [0, 0.1) is 17.8 Å². The van der Waals surface area contributed by atoms with Gasteiger partial charge in [-0.15, -0.1) is 0 Å². The van der Waals surface area contributed by atoms with Gasteiger partial charge in [0.1, 0.15) is 5.75 Å². The molecule has 4 fully saturated rings. The molecule has 6 heteroatoms. The maximum Gasteiger partial charge on any atom is 0.471 e. The van der Waals surface area contributed by atoms with Crippen molar-refractivity contribution in [1.29, 1.82) is 0 Å². The van der Waals surface area contributed by atoms with Crippen molar-refractivity contribution in [2.75, 3.05) is 12.4 Å². The number of benzene rings is 1. The molecule has 4 aliphatic rings. The summed E-state index contributed by atoms with van der Waals surface area (Å²) < 4.78 is 43.2. The van der Waals surface area contributed by atoms with Crippen LogP contribution in [0.25, 0.3) is 0 Å². The van der Waals surface area contributed by atoms with Gasteiger partial charge in [-0.3, -0.25) is 4.79 Å². The van der Waals surface area contributed by atoms with Gasteiger partial charge in [0, 0.05) is 11.3 Å². The van der Waals surface area contributed by atoms with E-state index in [2.05, 4.69) is 0 Å². The Hall–Kier alpha value is -1.72. The number of alkyl halides is 3. The number of ether oxygens (including phenoxy) is 1. The van der Waals surface area contributed by atoms with Gasteiger partial charge >= 0.3 is 12.1 Å². The molecule has 0 aliphatic heterocycles. The average Bonchev–Trinajstić information content (AvgIpc) is 2.52. The first kappa shape index (κ1) is 16.7. The Labute approximate surface area is 144 Å². The molecule has 0 unspecified atom stereocenters. The highest BCUT2D eigenvalue weighted by Gasteiger charge is 2.52. The van der Waals surface area contributed by atoms with Crippen LogP contribution in [0.15, 0.2) is 18.2 Å². The van der Waals surface area contributed by atoms with Gasteiger partial charge in [0.05, 0.1) is 7.11 Å². The molecule has 4 saturated carbocycles. The molecule has 3 nitrogen and oxygen atoms in total. The molecule has 4 bridgehead atoms. The zero-order chi connectivity index (χ0) is 17.8. The van der Waals surface area contributed by atoms with Crippen molar-refractivity contribution in [3.05, 3.63) is 23.8 Å². The summed E-state index contributed by atoms with van der Waals surface area (Å²) in [6, 6.07) is 4.86. The Kier molecular flexibility index (Phi) is 3.78. The van der Waals surface area contributed by atoms with Crippen molar-refractivity contribution in [1.82, 2.24) is 0 Å². The molecular weight excluding hydrogens is 331 g/mol. The van der Waals surface area contributed by atoms with Gasteiger partial charge in [-0.1, -0.05) is 0 Å². The molecule has 0 aromatic heterocycles. The van der Waals surface area contributed by atoms with Crippen molar-refractivity contribution in [2.45, 2.75) is 50.1 Å². The van der Waals surface area contributed by atoms with Gasteiger partial charge in [0.15, 0.2) is 0 Å². The molecular formula is C19H22F3NO2. The van der Waals surface area contributed by atoms with Crippen LogP contribution in [0.5, 0.6) is 5.75 Å². The van der Waals surface area contributed by atoms with Gasteiger partial charge in [-0.25, -0.2) is 0 Å². The molecule has 25 heavy (non-hydrogen) atoms. The minimum Gasteiger partial charge on any atom is -0.496 e. The number of anilines is 1. The molecule has 1 N–H and O–H groups in total. The van der Waals surface area contributed by atoms with Crippen molar-refractivity contribution in [3.8, 4) is 5.75 Å². The van der Waals surface area contributed by atoms with E-state index < -0.39 is 12.1 Å². The number of hydrogen-bond donors (Lipinski definition) is 1. The molecule has 0 heterocycles. The van der Waals surface area contributed by atoms with Crippen LogP contribution in [0.4, 0.5) is 18.9 Å². The lowest BCUT2D eigenvalue weighted by molar-refractivity contribution is -0.167. The van der Waals surface area contributed by atoms with Crippen LogP contribution >= 0.6 is 0 Å². The maximum absolute atomic E-state index is 12.6. The fraction of sp³-hybridized carbons (Fsp3) is 0.632. The fourth-order valence-electron chi connectivity index (χ4n) is 5.84. The van der Waals surface area contributed by atoms with Crippen molar-refractivity contribution in [3.63, 3.8) is 0 Å². The quantitative estimate of drug-likeness (QED) is 0.858. The lowest BCUT2D eigenvalue weighted by atomic mass is 9.48. The largest absolute Gasteiger partial charge is 0.496 e. The maximum atomic E-state index is 12.6. The van der Waals surface area contributed by atoms with Crippen LogP contribution in [0.2, 0.25) is 0 Å². The first-order chi connectivity index (χ1) is 11.8. The number of methoxy groups -OCH3 is 1. The van der Waals surface area contributed by atoms with E-state index >= 15 is 0 Å². The van der Waals surface area contributed by atoms with Gasteiger partial charge in [0.25, 0.3) is 0 Å². The van der Waals surface area contributed by atoms with Crippen LogP contribution in [0.3, 0.4) is 0 Å². The fourth-order valence-corrected chi connectivity index (χ4v) is 5.84. The van der Waals surface area contributed by atoms with E-state index in [0.717, 1.165) is 24.8 Å². The van der Waals surface area contributed by atoms with Gasteiger partial charge in [0.2, 0.25) is 0 Å². The standard InChI is InChI=1S/C19H22F3NO2/c1-25-16-3-2-14(23-17(24)19(20,21)22)7-15(16)18-8-11-4-12(9-18)6-13(5-11)10-18/h2-3,7,11-13H,4-6,8-10H2,1H3,(H,23,24). The van der Waals surface area contributed by atoms with E-state index in [9.17, 15) is 18.0 Å². The third-order valence-electron chi connectivity index (χ3n) is 6.32. The van der Waals surface area contributed by atoms with E-state index in [0.29, 0.717) is 23.5 Å². The highest BCUT2D eigenvalue weighted by atomic mass is 19.4. The zero-order valence-corrected chi connectivity index (χ0v) is 14.2. The summed E-state index contributed by atoms with van der Waals surface area (Å²) in [7, 11) is 1.59. The zero-order valence-electron chi connectivity index (χ0n) is 14.2. The Morgan fingerprint density at radius 2 is 1.68 bits per heavy atom. The Bertz CT molecular complexity index is 663. The molecule has 0 spiro atoms. The second kappa shape index (κ2) is 5.64. The smallest absolute Gasteiger partial charge is 0.471 e.